The van der Waals surface area contributed by atoms with Crippen molar-refractivity contribution < 1.29 is 13.2 Å². The Morgan fingerprint density at radius 3 is 2.30 bits per heavy atom. The third kappa shape index (κ3) is 6.22. The van der Waals surface area contributed by atoms with Crippen molar-refractivity contribution in [3.05, 3.63) is 0 Å². The molecule has 0 aromatic rings. The Kier molecular flexibility index (Phi) is 7.51. The zero-order chi connectivity index (χ0) is 15.0. The third-order valence-electron chi connectivity index (χ3n) is 3.79. The summed E-state index contributed by atoms with van der Waals surface area (Å²) in [6, 6.07) is 0.0754. The van der Waals surface area contributed by atoms with Gasteiger partial charge in [0.1, 0.15) is 0 Å². The molecule has 1 aliphatic carbocycles. The lowest BCUT2D eigenvalue weighted by Crippen LogP contribution is -2.41. The molecule has 1 N–H and O–H groups in total. The minimum atomic E-state index is -3.24. The molecule has 118 valence electrons. The number of nitrogens with one attached hydrogen (secondary N) is 1. The average molecular weight is 304 g/mol. The van der Waals surface area contributed by atoms with E-state index in [1.807, 2.05) is 6.92 Å². The van der Waals surface area contributed by atoms with Crippen LogP contribution < -0.4 is 5.32 Å². The van der Waals surface area contributed by atoms with E-state index in [-0.39, 0.29) is 18.4 Å². The fourth-order valence-electron chi connectivity index (χ4n) is 2.73. The van der Waals surface area contributed by atoms with Crippen molar-refractivity contribution in [3.8, 4) is 0 Å². The molecule has 0 spiro atoms. The molecule has 0 aromatic carbocycles. The van der Waals surface area contributed by atoms with E-state index < -0.39 is 10.0 Å². The molecule has 0 atom stereocenters. The summed E-state index contributed by atoms with van der Waals surface area (Å²) in [7, 11) is -3.24. The van der Waals surface area contributed by atoms with E-state index in [1.54, 1.807) is 4.31 Å². The second kappa shape index (κ2) is 8.62. The average Bonchev–Trinajstić information content (AvgIpc) is 2.64. The predicted molar refractivity (Wildman–Crippen MR) is 81.0 cm³/mol. The van der Waals surface area contributed by atoms with Crippen molar-refractivity contribution in [2.45, 2.75) is 64.3 Å². The molecule has 1 fully saturated rings. The number of nitrogens with zero attached hydrogens (tertiary/aromatic N) is 1. The standard InChI is InChI=1S/C14H28N2O3S/c1-3-11-15-14(17)10-12-16(20(2,18)19)13-8-6-4-5-7-9-13/h13H,3-12H2,1-2H3,(H,15,17). The maximum atomic E-state index is 12.0. The Morgan fingerprint density at radius 1 is 1.20 bits per heavy atom. The van der Waals surface area contributed by atoms with Crippen LogP contribution in [0.4, 0.5) is 0 Å². The van der Waals surface area contributed by atoms with E-state index in [1.165, 1.54) is 19.1 Å². The topological polar surface area (TPSA) is 66.5 Å². The van der Waals surface area contributed by atoms with Crippen LogP contribution in [0.2, 0.25) is 0 Å². The molecule has 0 bridgehead atoms. The second-order valence-electron chi connectivity index (χ2n) is 5.62. The Labute approximate surface area is 123 Å². The minimum absolute atomic E-state index is 0.0610. The Hall–Kier alpha value is -0.620. The van der Waals surface area contributed by atoms with Gasteiger partial charge in [-0.2, -0.15) is 4.31 Å². The lowest BCUT2D eigenvalue weighted by Gasteiger charge is -2.28. The summed E-state index contributed by atoms with van der Waals surface area (Å²) in [6.07, 6.45) is 8.77. The summed E-state index contributed by atoms with van der Waals surface area (Å²) in [5, 5.41) is 2.79. The minimum Gasteiger partial charge on any atom is -0.356 e. The van der Waals surface area contributed by atoms with Crippen LogP contribution in [0.1, 0.15) is 58.3 Å². The summed E-state index contributed by atoms with van der Waals surface area (Å²) in [5.74, 6) is -0.0610. The highest BCUT2D eigenvalue weighted by Crippen LogP contribution is 2.23. The van der Waals surface area contributed by atoms with Gasteiger partial charge in [-0.3, -0.25) is 4.79 Å². The number of hydrogen-bond donors (Lipinski definition) is 1. The quantitative estimate of drug-likeness (QED) is 0.730. The first-order valence-electron chi connectivity index (χ1n) is 7.68. The molecule has 5 nitrogen and oxygen atoms in total. The summed E-state index contributed by atoms with van der Waals surface area (Å²) in [4.78, 5) is 11.7. The summed E-state index contributed by atoms with van der Waals surface area (Å²) in [5.41, 5.74) is 0. The van der Waals surface area contributed by atoms with Gasteiger partial charge in [-0.15, -0.1) is 0 Å². The van der Waals surface area contributed by atoms with E-state index in [9.17, 15) is 13.2 Å². The summed E-state index contributed by atoms with van der Waals surface area (Å²) >= 11 is 0. The molecule has 1 saturated carbocycles. The molecule has 0 radical (unpaired) electrons. The molecule has 1 amide bonds. The Balaban J connectivity index is 2.58. The Bertz CT molecular complexity index is 387. The van der Waals surface area contributed by atoms with E-state index in [0.29, 0.717) is 13.1 Å². The van der Waals surface area contributed by atoms with Crippen LogP contribution in [0.5, 0.6) is 0 Å². The number of sulfonamides is 1. The number of amides is 1. The van der Waals surface area contributed by atoms with Gasteiger partial charge < -0.3 is 5.32 Å². The lowest BCUT2D eigenvalue weighted by atomic mass is 10.1. The van der Waals surface area contributed by atoms with Gasteiger partial charge in [0, 0.05) is 25.6 Å². The van der Waals surface area contributed by atoms with Crippen molar-refractivity contribution >= 4 is 15.9 Å². The molecule has 0 heterocycles. The first-order chi connectivity index (χ1) is 9.45. The van der Waals surface area contributed by atoms with E-state index in [2.05, 4.69) is 5.32 Å². The van der Waals surface area contributed by atoms with Gasteiger partial charge >= 0.3 is 0 Å². The van der Waals surface area contributed by atoms with Gasteiger partial charge in [0.2, 0.25) is 15.9 Å². The van der Waals surface area contributed by atoms with Crippen molar-refractivity contribution in [2.75, 3.05) is 19.3 Å². The molecule has 0 aromatic heterocycles. The maximum Gasteiger partial charge on any atom is 0.221 e. The van der Waals surface area contributed by atoms with Crippen LogP contribution >= 0.6 is 0 Å². The Morgan fingerprint density at radius 2 is 1.80 bits per heavy atom. The van der Waals surface area contributed by atoms with Crippen molar-refractivity contribution in [3.63, 3.8) is 0 Å². The molecule has 0 aliphatic heterocycles. The highest BCUT2D eigenvalue weighted by molar-refractivity contribution is 7.88. The molecule has 20 heavy (non-hydrogen) atoms. The highest BCUT2D eigenvalue weighted by atomic mass is 32.2. The fraction of sp³-hybridized carbons (Fsp3) is 0.929. The zero-order valence-corrected chi connectivity index (χ0v) is 13.5. The van der Waals surface area contributed by atoms with E-state index in [0.717, 1.165) is 32.1 Å². The maximum absolute atomic E-state index is 12.0. The van der Waals surface area contributed by atoms with Gasteiger partial charge in [0.15, 0.2) is 0 Å². The number of carbonyl (C=O) groups is 1. The molecule has 6 heteroatoms. The van der Waals surface area contributed by atoms with Crippen molar-refractivity contribution in [1.82, 2.24) is 9.62 Å². The third-order valence-corrected chi connectivity index (χ3v) is 5.12. The first kappa shape index (κ1) is 17.4. The largest absolute Gasteiger partial charge is 0.356 e. The van der Waals surface area contributed by atoms with Gasteiger partial charge in [0.05, 0.1) is 6.26 Å². The molecule has 1 aliphatic rings. The summed E-state index contributed by atoms with van der Waals surface area (Å²) in [6.45, 7) is 2.95. The number of rotatable bonds is 7. The normalized spacial score (nSPS) is 17.9. The van der Waals surface area contributed by atoms with Crippen LogP contribution in [-0.2, 0) is 14.8 Å². The number of hydrogen-bond acceptors (Lipinski definition) is 3. The first-order valence-corrected chi connectivity index (χ1v) is 9.53. The smallest absolute Gasteiger partial charge is 0.221 e. The fourth-order valence-corrected chi connectivity index (χ4v) is 3.90. The van der Waals surface area contributed by atoms with Crippen LogP contribution in [0.3, 0.4) is 0 Å². The van der Waals surface area contributed by atoms with Gasteiger partial charge in [-0.05, 0) is 19.3 Å². The van der Waals surface area contributed by atoms with Crippen LogP contribution in [0.25, 0.3) is 0 Å². The van der Waals surface area contributed by atoms with Gasteiger partial charge in [-0.25, -0.2) is 8.42 Å². The van der Waals surface area contributed by atoms with Gasteiger partial charge in [0.25, 0.3) is 0 Å². The van der Waals surface area contributed by atoms with Crippen molar-refractivity contribution in [2.24, 2.45) is 0 Å². The molecule has 0 unspecified atom stereocenters. The summed E-state index contributed by atoms with van der Waals surface area (Å²) < 4.78 is 25.5. The monoisotopic (exact) mass is 304 g/mol. The second-order valence-corrected chi connectivity index (χ2v) is 7.55. The van der Waals surface area contributed by atoms with Gasteiger partial charge in [-0.1, -0.05) is 32.6 Å². The lowest BCUT2D eigenvalue weighted by molar-refractivity contribution is -0.121. The highest BCUT2D eigenvalue weighted by Gasteiger charge is 2.27. The predicted octanol–water partition coefficient (Wildman–Crippen LogP) is 1.89. The molecular formula is C14H28N2O3S. The molecule has 0 saturated heterocycles. The van der Waals surface area contributed by atoms with Crippen LogP contribution in [0, 0.1) is 0 Å². The SMILES string of the molecule is CCCNC(=O)CCN(C1CCCCCC1)S(C)(=O)=O. The van der Waals surface area contributed by atoms with Crippen LogP contribution in [0.15, 0.2) is 0 Å². The zero-order valence-electron chi connectivity index (χ0n) is 12.7. The number of carbonyl (C=O) groups excluding carboxylic acids is 1. The van der Waals surface area contributed by atoms with E-state index in [4.69, 9.17) is 0 Å². The molecule has 1 rings (SSSR count). The van der Waals surface area contributed by atoms with Crippen molar-refractivity contribution in [1.29, 1.82) is 0 Å². The van der Waals surface area contributed by atoms with E-state index >= 15 is 0 Å². The van der Waals surface area contributed by atoms with Crippen LogP contribution in [-0.4, -0.2) is 44.0 Å². The molecular weight excluding hydrogens is 276 g/mol.